The summed E-state index contributed by atoms with van der Waals surface area (Å²) in [6.45, 7) is 0.242. The van der Waals surface area contributed by atoms with Crippen LogP contribution in [0.2, 0.25) is 0 Å². The number of benzene rings is 1. The van der Waals surface area contributed by atoms with Gasteiger partial charge in [0.1, 0.15) is 18.1 Å². The first-order valence-electron chi connectivity index (χ1n) is 8.41. The molecule has 0 spiro atoms. The summed E-state index contributed by atoms with van der Waals surface area (Å²) in [7, 11) is 0. The van der Waals surface area contributed by atoms with E-state index in [4.69, 9.17) is 15.6 Å². The van der Waals surface area contributed by atoms with E-state index in [9.17, 15) is 22.8 Å². The molecule has 27 heavy (non-hydrogen) atoms. The summed E-state index contributed by atoms with van der Waals surface area (Å²) in [4.78, 5) is 22.1. The number of amides is 1. The number of halogens is 3. The number of carbonyl (C=O) groups excluding carboxylic acids is 1. The molecule has 1 amide bonds. The number of alkyl carbamates (subject to hydrolysis) is 1. The molecule has 0 saturated carbocycles. The zero-order valence-electron chi connectivity index (χ0n) is 14.5. The lowest BCUT2D eigenvalue weighted by Gasteiger charge is -2.20. The van der Waals surface area contributed by atoms with Crippen LogP contribution in [0.3, 0.4) is 0 Å². The Labute approximate surface area is 154 Å². The van der Waals surface area contributed by atoms with Gasteiger partial charge in [-0.25, -0.2) is 4.79 Å². The molecule has 0 unspecified atom stereocenters. The average Bonchev–Trinajstić information content (AvgIpc) is 3.41. The number of rotatable bonds is 9. The fraction of sp³-hybridized carbons (Fsp3) is 0.444. The van der Waals surface area contributed by atoms with E-state index in [-0.39, 0.29) is 12.2 Å². The molecule has 0 aromatic heterocycles. The number of carbonyl (C=O) groups is 2. The summed E-state index contributed by atoms with van der Waals surface area (Å²) in [6.07, 6.45) is -1.39. The summed E-state index contributed by atoms with van der Waals surface area (Å²) in [5.41, 5.74) is 4.09. The molecule has 148 valence electrons. The van der Waals surface area contributed by atoms with Crippen LogP contribution in [0.4, 0.5) is 18.0 Å². The van der Waals surface area contributed by atoms with Crippen molar-refractivity contribution in [2.24, 2.45) is 5.73 Å². The van der Waals surface area contributed by atoms with E-state index in [0.29, 0.717) is 31.4 Å². The maximum atomic E-state index is 13.0. The van der Waals surface area contributed by atoms with Crippen molar-refractivity contribution in [1.29, 1.82) is 0 Å². The predicted molar refractivity (Wildman–Crippen MR) is 91.0 cm³/mol. The largest absolute Gasteiger partial charge is 0.480 e. The Hall–Kier alpha value is -2.55. The topological polar surface area (TPSA) is 102 Å². The molecule has 4 N–H and O–H groups in total. The fourth-order valence-electron chi connectivity index (χ4n) is 2.51. The van der Waals surface area contributed by atoms with E-state index >= 15 is 0 Å². The number of hydrogen-bond donors (Lipinski definition) is 3. The highest BCUT2D eigenvalue weighted by atomic mass is 19.4. The van der Waals surface area contributed by atoms with Gasteiger partial charge in [-0.1, -0.05) is 36.4 Å². The predicted octanol–water partition coefficient (Wildman–Crippen LogP) is 2.86. The number of carboxylic acid groups (broad SMARTS) is 1. The highest BCUT2D eigenvalue weighted by molar-refractivity contribution is 5.72. The van der Waals surface area contributed by atoms with Crippen LogP contribution in [0.1, 0.15) is 30.4 Å². The van der Waals surface area contributed by atoms with Crippen molar-refractivity contribution in [3.05, 3.63) is 47.5 Å². The molecule has 9 heteroatoms. The van der Waals surface area contributed by atoms with Gasteiger partial charge in [0.05, 0.1) is 0 Å². The third kappa shape index (κ3) is 5.46. The summed E-state index contributed by atoms with van der Waals surface area (Å²) in [6, 6.07) is 4.81. The lowest BCUT2D eigenvalue weighted by molar-refractivity contribution is -0.153. The van der Waals surface area contributed by atoms with E-state index in [0.717, 1.165) is 12.2 Å². The normalized spacial score (nSPS) is 15.9. The molecule has 1 aromatic carbocycles. The van der Waals surface area contributed by atoms with Crippen LogP contribution in [-0.2, 0) is 21.6 Å². The Morgan fingerprint density at radius 3 is 2.33 bits per heavy atom. The minimum absolute atomic E-state index is 0.0670. The van der Waals surface area contributed by atoms with Crippen LogP contribution in [0.15, 0.2) is 36.4 Å². The van der Waals surface area contributed by atoms with Crippen molar-refractivity contribution in [2.75, 3.05) is 6.54 Å². The summed E-state index contributed by atoms with van der Waals surface area (Å²) in [5.74, 6) is -1.06. The molecule has 0 radical (unpaired) electrons. The lowest BCUT2D eigenvalue weighted by atomic mass is 9.92. The van der Waals surface area contributed by atoms with Gasteiger partial charge < -0.3 is 20.9 Å². The summed E-state index contributed by atoms with van der Waals surface area (Å²) < 4.78 is 44.0. The number of carboxylic acids is 1. The van der Waals surface area contributed by atoms with Crippen molar-refractivity contribution in [2.45, 2.75) is 43.5 Å². The highest BCUT2D eigenvalue weighted by Crippen LogP contribution is 2.51. The Morgan fingerprint density at radius 1 is 1.19 bits per heavy atom. The molecule has 0 fully saturated rings. The minimum Gasteiger partial charge on any atom is -0.480 e. The van der Waals surface area contributed by atoms with Gasteiger partial charge in [-0.05, 0) is 30.4 Å². The average molecular weight is 386 g/mol. The molecular weight excluding hydrogens is 365 g/mol. The van der Waals surface area contributed by atoms with Crippen LogP contribution in [0.5, 0.6) is 0 Å². The second-order valence-corrected chi connectivity index (χ2v) is 6.34. The molecule has 1 aromatic rings. The van der Waals surface area contributed by atoms with Crippen molar-refractivity contribution in [3.63, 3.8) is 0 Å². The number of nitrogens with two attached hydrogens (primary N) is 1. The number of nitrogens with one attached hydrogen (secondary N) is 1. The second-order valence-electron chi connectivity index (χ2n) is 6.34. The monoisotopic (exact) mass is 386 g/mol. The number of ether oxygens (including phenoxy) is 1. The Kier molecular flexibility index (Phi) is 6.48. The number of aliphatic carboxylic acids is 1. The van der Waals surface area contributed by atoms with Crippen molar-refractivity contribution < 1.29 is 32.6 Å². The van der Waals surface area contributed by atoms with E-state index in [2.05, 4.69) is 5.32 Å². The molecule has 1 atom stereocenters. The van der Waals surface area contributed by atoms with Crippen LogP contribution < -0.4 is 11.1 Å². The Morgan fingerprint density at radius 2 is 1.81 bits per heavy atom. The molecule has 0 aliphatic heterocycles. The van der Waals surface area contributed by atoms with E-state index in [1.165, 1.54) is 24.3 Å². The van der Waals surface area contributed by atoms with Crippen molar-refractivity contribution in [1.82, 2.24) is 5.32 Å². The van der Waals surface area contributed by atoms with E-state index in [1.54, 1.807) is 0 Å². The molecule has 2 rings (SSSR count). The fourth-order valence-corrected chi connectivity index (χ4v) is 2.51. The van der Waals surface area contributed by atoms with Crippen LogP contribution in [0, 0.1) is 0 Å². The Balaban J connectivity index is 1.68. The van der Waals surface area contributed by atoms with Crippen LogP contribution >= 0.6 is 0 Å². The molecule has 0 bridgehead atoms. The number of allylic oxidation sites excluding steroid dienone is 2. The van der Waals surface area contributed by atoms with Gasteiger partial charge in [0.2, 0.25) is 0 Å². The second kappa shape index (κ2) is 8.43. The third-order valence-corrected chi connectivity index (χ3v) is 4.30. The van der Waals surface area contributed by atoms with Crippen molar-refractivity contribution in [3.8, 4) is 0 Å². The number of hydrogen-bond acceptors (Lipinski definition) is 4. The lowest BCUT2D eigenvalue weighted by Crippen LogP contribution is -2.30. The Bertz CT molecular complexity index is 696. The smallest absolute Gasteiger partial charge is 0.407 e. The standard InChI is InChI=1S/C18H21F3N2O4/c19-18(20,21)17(8-9-17)13-6-4-12(5-7-13)11-27-16(26)23-10-2-1-3-14(22)15(24)25/h4-9,14H,1-3,10-11,22H2,(H,23,26)(H,24,25)/t14-/m0/s1. The minimum atomic E-state index is -4.36. The van der Waals surface area contributed by atoms with Crippen LogP contribution in [0.25, 0.3) is 0 Å². The highest BCUT2D eigenvalue weighted by Gasteiger charge is 2.58. The molecule has 6 nitrogen and oxygen atoms in total. The number of unbranched alkanes of at least 4 members (excludes halogenated alkanes) is 1. The first-order chi connectivity index (χ1) is 12.7. The van der Waals surface area contributed by atoms with Crippen molar-refractivity contribution >= 4 is 12.1 Å². The SMILES string of the molecule is N[C@@H](CCCCNC(=O)OCc1ccc(C2(C(F)(F)F)C=C2)cc1)C(=O)O. The van der Waals surface area contributed by atoms with Gasteiger partial charge in [0.15, 0.2) is 0 Å². The molecular formula is C18H21F3N2O4. The van der Waals surface area contributed by atoms with Crippen LogP contribution in [-0.4, -0.2) is 35.9 Å². The summed E-state index contributed by atoms with van der Waals surface area (Å²) in [5, 5.41) is 11.1. The molecule has 0 saturated heterocycles. The first-order valence-corrected chi connectivity index (χ1v) is 8.41. The van der Waals surface area contributed by atoms with Gasteiger partial charge in [-0.15, -0.1) is 0 Å². The molecule has 0 heterocycles. The first kappa shape index (κ1) is 20.8. The van der Waals surface area contributed by atoms with Gasteiger partial charge in [-0.3, -0.25) is 4.79 Å². The summed E-state index contributed by atoms with van der Waals surface area (Å²) >= 11 is 0. The van der Waals surface area contributed by atoms with Gasteiger partial charge in [-0.2, -0.15) is 13.2 Å². The van der Waals surface area contributed by atoms with Gasteiger partial charge in [0.25, 0.3) is 0 Å². The third-order valence-electron chi connectivity index (χ3n) is 4.30. The quantitative estimate of drug-likeness (QED) is 0.447. The van der Waals surface area contributed by atoms with E-state index < -0.39 is 29.7 Å². The van der Waals surface area contributed by atoms with Gasteiger partial charge in [0, 0.05) is 6.54 Å². The maximum absolute atomic E-state index is 13.0. The maximum Gasteiger partial charge on any atom is 0.407 e. The molecule has 1 aliphatic carbocycles. The zero-order valence-corrected chi connectivity index (χ0v) is 14.5. The molecule has 1 aliphatic rings. The van der Waals surface area contributed by atoms with Gasteiger partial charge >= 0.3 is 18.2 Å². The zero-order chi connectivity index (χ0) is 20.1. The number of alkyl halides is 3. The van der Waals surface area contributed by atoms with E-state index in [1.807, 2.05) is 0 Å².